The van der Waals surface area contributed by atoms with Gasteiger partial charge in [-0.15, -0.1) is 16.9 Å². The van der Waals surface area contributed by atoms with Crippen molar-refractivity contribution in [2.75, 3.05) is 30.0 Å². The number of likely N-dealkylation sites (tertiary alicyclic amines) is 1. The Balaban J connectivity index is 1.52. The van der Waals surface area contributed by atoms with E-state index in [-0.39, 0.29) is 17.9 Å². The zero-order chi connectivity index (χ0) is 16.2. The Kier molecular flexibility index (Phi) is 5.00. The Morgan fingerprint density at radius 3 is 2.78 bits per heavy atom. The van der Waals surface area contributed by atoms with E-state index in [0.29, 0.717) is 30.8 Å². The number of thioether (sulfide) groups is 1. The fourth-order valence-electron chi connectivity index (χ4n) is 3.00. The number of hydrogen-bond donors (Lipinski definition) is 1. The predicted molar refractivity (Wildman–Crippen MR) is 88.9 cm³/mol. The molecule has 0 aliphatic carbocycles. The molecule has 2 amide bonds. The Bertz CT molecular complexity index is 562. The molecule has 1 aromatic heterocycles. The number of aromatic nitrogens is 2. The van der Waals surface area contributed by atoms with E-state index in [1.54, 1.807) is 22.9 Å². The van der Waals surface area contributed by atoms with Gasteiger partial charge in [-0.1, -0.05) is 0 Å². The molecule has 8 heteroatoms. The summed E-state index contributed by atoms with van der Waals surface area (Å²) in [7, 11) is 0. The number of rotatable bonds is 3. The number of carbonyl (C=O) groups excluding carboxylic acids is 2. The zero-order valence-electron chi connectivity index (χ0n) is 13.1. The SMILES string of the molecule is CC(=O)N1CSC[C@@H]1C(=O)N1CCC(Nc2cccnn2)CC1. The number of piperidine rings is 1. The summed E-state index contributed by atoms with van der Waals surface area (Å²) < 4.78 is 0. The second-order valence-corrected chi connectivity index (χ2v) is 6.86. The van der Waals surface area contributed by atoms with Crippen LogP contribution in [0.15, 0.2) is 18.3 Å². The van der Waals surface area contributed by atoms with Crippen molar-refractivity contribution in [3.63, 3.8) is 0 Å². The van der Waals surface area contributed by atoms with E-state index in [1.807, 2.05) is 17.0 Å². The molecule has 2 aliphatic rings. The lowest BCUT2D eigenvalue weighted by molar-refractivity contribution is -0.143. The highest BCUT2D eigenvalue weighted by Crippen LogP contribution is 2.24. The molecule has 0 bridgehead atoms. The molecule has 124 valence electrons. The minimum Gasteiger partial charge on any atom is -0.366 e. The summed E-state index contributed by atoms with van der Waals surface area (Å²) >= 11 is 1.64. The number of carbonyl (C=O) groups is 2. The largest absolute Gasteiger partial charge is 0.366 e. The lowest BCUT2D eigenvalue weighted by atomic mass is 10.0. The molecular formula is C15H21N5O2S. The van der Waals surface area contributed by atoms with E-state index < -0.39 is 0 Å². The molecule has 2 saturated heterocycles. The van der Waals surface area contributed by atoms with Crippen LogP contribution < -0.4 is 5.32 Å². The normalized spacial score (nSPS) is 22.2. The third-order valence-corrected chi connectivity index (χ3v) is 5.31. The first-order valence-corrected chi connectivity index (χ1v) is 8.98. The smallest absolute Gasteiger partial charge is 0.246 e. The molecule has 0 saturated carbocycles. The van der Waals surface area contributed by atoms with E-state index in [1.165, 1.54) is 6.92 Å². The highest BCUT2D eigenvalue weighted by Gasteiger charge is 2.36. The Hall–Kier alpha value is -1.83. The Labute approximate surface area is 139 Å². The maximum Gasteiger partial charge on any atom is 0.246 e. The van der Waals surface area contributed by atoms with Crippen LogP contribution in [-0.4, -0.2) is 68.6 Å². The van der Waals surface area contributed by atoms with Crippen molar-refractivity contribution in [1.29, 1.82) is 0 Å². The molecule has 1 aromatic rings. The molecule has 2 aliphatic heterocycles. The lowest BCUT2D eigenvalue weighted by Gasteiger charge is -2.35. The minimum absolute atomic E-state index is 0.0208. The quantitative estimate of drug-likeness (QED) is 0.880. The van der Waals surface area contributed by atoms with Gasteiger partial charge in [-0.3, -0.25) is 9.59 Å². The molecule has 0 aromatic carbocycles. The minimum atomic E-state index is -0.290. The van der Waals surface area contributed by atoms with Crippen LogP contribution in [-0.2, 0) is 9.59 Å². The van der Waals surface area contributed by atoms with Crippen LogP contribution in [0.2, 0.25) is 0 Å². The second-order valence-electron chi connectivity index (χ2n) is 5.86. The van der Waals surface area contributed by atoms with Gasteiger partial charge in [-0.25, -0.2) is 0 Å². The molecule has 0 radical (unpaired) electrons. The Morgan fingerprint density at radius 1 is 1.35 bits per heavy atom. The van der Waals surface area contributed by atoms with Gasteiger partial charge in [0.05, 0.1) is 5.88 Å². The molecule has 0 spiro atoms. The third kappa shape index (κ3) is 3.74. The van der Waals surface area contributed by atoms with Crippen LogP contribution in [0.1, 0.15) is 19.8 Å². The molecule has 7 nitrogen and oxygen atoms in total. The summed E-state index contributed by atoms with van der Waals surface area (Å²) in [5.74, 6) is 2.16. The van der Waals surface area contributed by atoms with Gasteiger partial charge < -0.3 is 15.1 Å². The molecule has 23 heavy (non-hydrogen) atoms. The summed E-state index contributed by atoms with van der Waals surface area (Å²) in [6.07, 6.45) is 3.40. The molecule has 3 heterocycles. The van der Waals surface area contributed by atoms with Gasteiger partial charge in [0.15, 0.2) is 0 Å². The summed E-state index contributed by atoms with van der Waals surface area (Å²) in [5, 5.41) is 11.2. The van der Waals surface area contributed by atoms with Gasteiger partial charge >= 0.3 is 0 Å². The molecule has 1 N–H and O–H groups in total. The summed E-state index contributed by atoms with van der Waals surface area (Å²) in [6, 6.07) is 3.76. The summed E-state index contributed by atoms with van der Waals surface area (Å²) in [4.78, 5) is 27.8. The van der Waals surface area contributed by atoms with Crippen molar-refractivity contribution < 1.29 is 9.59 Å². The van der Waals surface area contributed by atoms with Crippen LogP contribution in [0.3, 0.4) is 0 Å². The average molecular weight is 335 g/mol. The first-order valence-electron chi connectivity index (χ1n) is 7.83. The fraction of sp³-hybridized carbons (Fsp3) is 0.600. The molecule has 3 rings (SSSR count). The van der Waals surface area contributed by atoms with Crippen molar-refractivity contribution in [3.8, 4) is 0 Å². The van der Waals surface area contributed by atoms with E-state index >= 15 is 0 Å². The third-order valence-electron chi connectivity index (χ3n) is 4.30. The number of amides is 2. The summed E-state index contributed by atoms with van der Waals surface area (Å²) in [5.41, 5.74) is 0. The first-order chi connectivity index (χ1) is 11.1. The molecule has 1 atom stereocenters. The predicted octanol–water partition coefficient (Wildman–Crippen LogP) is 0.801. The van der Waals surface area contributed by atoms with E-state index in [9.17, 15) is 9.59 Å². The van der Waals surface area contributed by atoms with Crippen LogP contribution in [0.5, 0.6) is 0 Å². The van der Waals surface area contributed by atoms with Crippen molar-refractivity contribution in [2.24, 2.45) is 0 Å². The highest BCUT2D eigenvalue weighted by molar-refractivity contribution is 7.99. The maximum atomic E-state index is 12.7. The maximum absolute atomic E-state index is 12.7. The van der Waals surface area contributed by atoms with Gasteiger partial charge in [-0.2, -0.15) is 5.10 Å². The zero-order valence-corrected chi connectivity index (χ0v) is 14.0. The summed E-state index contributed by atoms with van der Waals surface area (Å²) in [6.45, 7) is 2.95. The van der Waals surface area contributed by atoms with Gasteiger partial charge in [0.25, 0.3) is 0 Å². The highest BCUT2D eigenvalue weighted by atomic mass is 32.2. The topological polar surface area (TPSA) is 78.4 Å². The lowest BCUT2D eigenvalue weighted by Crippen LogP contribution is -2.51. The first kappa shape index (κ1) is 16.0. The molecule has 2 fully saturated rings. The fourth-order valence-corrected chi connectivity index (χ4v) is 4.21. The van der Waals surface area contributed by atoms with Crippen LogP contribution in [0.25, 0.3) is 0 Å². The van der Waals surface area contributed by atoms with E-state index in [2.05, 4.69) is 15.5 Å². The van der Waals surface area contributed by atoms with Crippen molar-refractivity contribution in [2.45, 2.75) is 31.8 Å². The molecular weight excluding hydrogens is 314 g/mol. The van der Waals surface area contributed by atoms with Gasteiger partial charge in [-0.05, 0) is 25.0 Å². The van der Waals surface area contributed by atoms with Gasteiger partial charge in [0, 0.05) is 38.0 Å². The average Bonchev–Trinajstić information content (AvgIpc) is 3.06. The van der Waals surface area contributed by atoms with E-state index in [0.717, 1.165) is 18.7 Å². The van der Waals surface area contributed by atoms with Crippen LogP contribution in [0, 0.1) is 0 Å². The van der Waals surface area contributed by atoms with Gasteiger partial charge in [0.1, 0.15) is 11.9 Å². The Morgan fingerprint density at radius 2 is 2.13 bits per heavy atom. The van der Waals surface area contributed by atoms with Crippen molar-refractivity contribution >= 4 is 29.4 Å². The second kappa shape index (κ2) is 7.16. The number of hydrogen-bond acceptors (Lipinski definition) is 6. The van der Waals surface area contributed by atoms with Crippen LogP contribution >= 0.6 is 11.8 Å². The van der Waals surface area contributed by atoms with Gasteiger partial charge in [0.2, 0.25) is 11.8 Å². The monoisotopic (exact) mass is 335 g/mol. The number of nitrogens with one attached hydrogen (secondary N) is 1. The van der Waals surface area contributed by atoms with Crippen LogP contribution in [0.4, 0.5) is 5.82 Å². The number of nitrogens with zero attached hydrogens (tertiary/aromatic N) is 4. The molecule has 0 unspecified atom stereocenters. The van der Waals surface area contributed by atoms with Crippen molar-refractivity contribution in [1.82, 2.24) is 20.0 Å². The van der Waals surface area contributed by atoms with E-state index in [4.69, 9.17) is 0 Å². The van der Waals surface area contributed by atoms with Crippen molar-refractivity contribution in [3.05, 3.63) is 18.3 Å². The standard InChI is InChI=1S/C15H21N5O2S/c1-11(21)20-10-23-9-13(20)15(22)19-7-4-12(5-8-19)17-14-3-2-6-16-18-14/h2-3,6,12-13H,4-5,7-10H2,1H3,(H,17,18)/t13-/m1/s1. The number of anilines is 1.